The fourth-order valence-electron chi connectivity index (χ4n) is 4.80. The third kappa shape index (κ3) is 7.68. The summed E-state index contributed by atoms with van der Waals surface area (Å²) >= 11 is 0. The zero-order valence-electron chi connectivity index (χ0n) is 20.4. The summed E-state index contributed by atoms with van der Waals surface area (Å²) in [5.74, 6) is 0.513. The van der Waals surface area contributed by atoms with Gasteiger partial charge in [0.25, 0.3) is 5.91 Å². The highest BCUT2D eigenvalue weighted by Gasteiger charge is 2.40. The van der Waals surface area contributed by atoms with E-state index in [0.29, 0.717) is 30.0 Å². The molecule has 2 aromatic rings. The Hall–Kier alpha value is -2.18. The van der Waals surface area contributed by atoms with Crippen LogP contribution in [0, 0.1) is 25.7 Å². The van der Waals surface area contributed by atoms with E-state index >= 15 is 0 Å². The molecule has 0 aromatic heterocycles. The minimum absolute atomic E-state index is 0. The predicted octanol–water partition coefficient (Wildman–Crippen LogP) is 1.45. The maximum atomic E-state index is 13.2. The van der Waals surface area contributed by atoms with E-state index in [1.165, 1.54) is 5.56 Å². The van der Waals surface area contributed by atoms with Crippen LogP contribution in [0.4, 0.5) is 5.69 Å². The molecule has 1 fully saturated rings. The van der Waals surface area contributed by atoms with Gasteiger partial charge < -0.3 is 32.1 Å². The highest BCUT2D eigenvalue weighted by Crippen LogP contribution is 2.28. The Morgan fingerprint density at radius 3 is 2.33 bits per heavy atom. The van der Waals surface area contributed by atoms with Crippen molar-refractivity contribution in [3.8, 4) is 0 Å². The zero-order chi connectivity index (χ0) is 23.1. The second-order valence-electron chi connectivity index (χ2n) is 9.84. The number of anilines is 1. The second kappa shape index (κ2) is 12.3. The summed E-state index contributed by atoms with van der Waals surface area (Å²) in [6.45, 7) is 11.7. The van der Waals surface area contributed by atoms with Gasteiger partial charge in [0, 0.05) is 17.8 Å². The summed E-state index contributed by atoms with van der Waals surface area (Å²) < 4.78 is 0.612. The molecule has 2 atom stereocenters. The first kappa shape index (κ1) is 27.1. The third-order valence-corrected chi connectivity index (χ3v) is 6.43. The van der Waals surface area contributed by atoms with Gasteiger partial charge in [0.1, 0.15) is 6.54 Å². The normalized spacial score (nSPS) is 20.1. The van der Waals surface area contributed by atoms with E-state index in [0.717, 1.165) is 42.7 Å². The number of amides is 2. The molecule has 5 nitrogen and oxygen atoms in total. The van der Waals surface area contributed by atoms with Crippen molar-refractivity contribution < 1.29 is 31.1 Å². The number of likely N-dealkylation sites (tertiary alicyclic amines) is 1. The Labute approximate surface area is 209 Å². The van der Waals surface area contributed by atoms with Crippen LogP contribution in [0.3, 0.4) is 0 Å². The molecule has 0 spiro atoms. The van der Waals surface area contributed by atoms with Gasteiger partial charge in [-0.25, -0.2) is 0 Å². The largest absolute Gasteiger partial charge is 1.00 e. The Morgan fingerprint density at radius 1 is 1.03 bits per heavy atom. The van der Waals surface area contributed by atoms with Gasteiger partial charge in [0.05, 0.1) is 19.0 Å². The van der Waals surface area contributed by atoms with Gasteiger partial charge in [-0.05, 0) is 43.7 Å². The molecule has 1 saturated heterocycles. The average Bonchev–Trinajstić information content (AvgIpc) is 2.75. The van der Waals surface area contributed by atoms with Crippen molar-refractivity contribution >= 4 is 17.5 Å². The monoisotopic (exact) mass is 515 g/mol. The van der Waals surface area contributed by atoms with Crippen LogP contribution in [0.1, 0.15) is 43.4 Å². The number of piperidine rings is 1. The molecule has 0 radical (unpaired) electrons. The number of halogens is 1. The van der Waals surface area contributed by atoms with Gasteiger partial charge in [-0.15, -0.1) is 0 Å². The molecule has 2 amide bonds. The summed E-state index contributed by atoms with van der Waals surface area (Å²) in [4.78, 5) is 26.1. The maximum Gasteiger partial charge on any atom is 0.279 e. The lowest BCUT2D eigenvalue weighted by Crippen LogP contribution is -3.00. The van der Waals surface area contributed by atoms with E-state index in [-0.39, 0.29) is 34.7 Å². The minimum Gasteiger partial charge on any atom is -1.00 e. The molecule has 6 heteroatoms. The molecular formula is C27H38BrN3O2. The lowest BCUT2D eigenvalue weighted by atomic mass is 9.93. The van der Waals surface area contributed by atoms with Crippen LogP contribution < -0.4 is 27.6 Å². The lowest BCUT2D eigenvalue weighted by Gasteiger charge is -2.43. The fraction of sp³-hybridized carbons (Fsp3) is 0.481. The number of quaternary nitrogens is 1. The van der Waals surface area contributed by atoms with Gasteiger partial charge >= 0.3 is 0 Å². The molecule has 3 rings (SSSR count). The Bertz CT molecular complexity index is 912. The van der Waals surface area contributed by atoms with Crippen LogP contribution in [0.2, 0.25) is 0 Å². The standard InChI is InChI=1S/C27H37N3O2.BrH/c1-20(2)16-28-27(32)24-14-9-15-30(18-24,17-23-12-6-5-7-13-23)19-25(31)29-26-21(3)10-8-11-22(26)4;/h5-8,10-13,20,24H,9,14-19H2,1-4H3,(H-,28,29,31,32);1H. The fourth-order valence-corrected chi connectivity index (χ4v) is 4.80. The second-order valence-corrected chi connectivity index (χ2v) is 9.84. The first-order chi connectivity index (χ1) is 15.3. The number of hydrogen-bond donors (Lipinski definition) is 2. The molecule has 2 N–H and O–H groups in total. The summed E-state index contributed by atoms with van der Waals surface area (Å²) in [5, 5.41) is 6.28. The first-order valence-corrected chi connectivity index (χ1v) is 11.8. The van der Waals surface area contributed by atoms with E-state index in [2.05, 4.69) is 36.6 Å². The summed E-state index contributed by atoms with van der Waals surface area (Å²) in [7, 11) is 0. The predicted molar refractivity (Wildman–Crippen MR) is 130 cm³/mol. The number of nitrogens with one attached hydrogen (secondary N) is 2. The van der Waals surface area contributed by atoms with Crippen LogP contribution in [-0.4, -0.2) is 42.5 Å². The molecule has 1 aliphatic heterocycles. The molecule has 180 valence electrons. The van der Waals surface area contributed by atoms with Crippen molar-refractivity contribution in [3.05, 3.63) is 65.2 Å². The van der Waals surface area contributed by atoms with E-state index in [9.17, 15) is 9.59 Å². The maximum absolute atomic E-state index is 13.2. The number of nitrogens with zero attached hydrogens (tertiary/aromatic N) is 1. The lowest BCUT2D eigenvalue weighted by molar-refractivity contribution is -0.940. The molecule has 0 bridgehead atoms. The van der Waals surface area contributed by atoms with E-state index < -0.39 is 0 Å². The van der Waals surface area contributed by atoms with Crippen molar-refractivity contribution in [2.24, 2.45) is 11.8 Å². The summed E-state index contributed by atoms with van der Waals surface area (Å²) in [5.41, 5.74) is 4.24. The molecule has 1 heterocycles. The minimum atomic E-state index is -0.0563. The number of hydrogen-bond acceptors (Lipinski definition) is 2. The number of carbonyl (C=O) groups excluding carboxylic acids is 2. The molecule has 2 unspecified atom stereocenters. The first-order valence-electron chi connectivity index (χ1n) is 11.8. The van der Waals surface area contributed by atoms with Gasteiger partial charge in [-0.1, -0.05) is 62.4 Å². The summed E-state index contributed by atoms with van der Waals surface area (Å²) in [6, 6.07) is 16.4. The molecule has 1 aliphatic rings. The highest BCUT2D eigenvalue weighted by atomic mass is 79.9. The smallest absolute Gasteiger partial charge is 0.279 e. The Morgan fingerprint density at radius 2 is 1.70 bits per heavy atom. The molecule has 0 saturated carbocycles. The number of rotatable bonds is 8. The van der Waals surface area contributed by atoms with Crippen molar-refractivity contribution in [3.63, 3.8) is 0 Å². The van der Waals surface area contributed by atoms with Crippen molar-refractivity contribution in [2.45, 2.75) is 47.1 Å². The molecule has 2 aromatic carbocycles. The molecular weight excluding hydrogens is 478 g/mol. The van der Waals surface area contributed by atoms with Crippen LogP contribution in [0.25, 0.3) is 0 Å². The Kier molecular flexibility index (Phi) is 10.1. The van der Waals surface area contributed by atoms with E-state index in [1.807, 2.05) is 50.2 Å². The topological polar surface area (TPSA) is 58.2 Å². The highest BCUT2D eigenvalue weighted by molar-refractivity contribution is 5.93. The van der Waals surface area contributed by atoms with E-state index in [4.69, 9.17) is 0 Å². The van der Waals surface area contributed by atoms with Gasteiger partial charge in [-0.3, -0.25) is 9.59 Å². The van der Waals surface area contributed by atoms with Crippen molar-refractivity contribution in [1.82, 2.24) is 5.32 Å². The van der Waals surface area contributed by atoms with Gasteiger partial charge in [0.2, 0.25) is 5.91 Å². The van der Waals surface area contributed by atoms with Crippen LogP contribution in [0.5, 0.6) is 0 Å². The van der Waals surface area contributed by atoms with Crippen LogP contribution in [-0.2, 0) is 16.1 Å². The van der Waals surface area contributed by atoms with Crippen molar-refractivity contribution in [2.75, 3.05) is 31.5 Å². The van der Waals surface area contributed by atoms with Crippen LogP contribution in [0.15, 0.2) is 48.5 Å². The SMILES string of the molecule is Cc1cccc(C)c1NC(=O)C[N+]1(Cc2ccccc2)CCCC(C(=O)NCC(C)C)C1.[Br-]. The number of aryl methyl sites for hydroxylation is 2. The van der Waals surface area contributed by atoms with Gasteiger partial charge in [0.15, 0.2) is 6.54 Å². The summed E-state index contributed by atoms with van der Waals surface area (Å²) in [6.07, 6.45) is 1.83. The third-order valence-electron chi connectivity index (χ3n) is 6.43. The molecule has 33 heavy (non-hydrogen) atoms. The van der Waals surface area contributed by atoms with Crippen LogP contribution >= 0.6 is 0 Å². The quantitative estimate of drug-likeness (QED) is 0.522. The zero-order valence-corrected chi connectivity index (χ0v) is 22.0. The van der Waals surface area contributed by atoms with Gasteiger partial charge in [-0.2, -0.15) is 0 Å². The van der Waals surface area contributed by atoms with Crippen molar-refractivity contribution in [1.29, 1.82) is 0 Å². The molecule has 0 aliphatic carbocycles. The number of benzene rings is 2. The number of para-hydroxylation sites is 1. The van der Waals surface area contributed by atoms with E-state index in [1.54, 1.807) is 0 Å². The number of carbonyl (C=O) groups is 2. The average molecular weight is 517 g/mol. The Balaban J connectivity index is 0.00000385.